The predicted molar refractivity (Wildman–Crippen MR) is 88.8 cm³/mol. The maximum atomic E-state index is 5.63. The summed E-state index contributed by atoms with van der Waals surface area (Å²) in [5.74, 6) is 2.47. The third-order valence-corrected chi connectivity index (χ3v) is 3.82. The molecule has 3 rings (SSSR count). The number of nitrogens with one attached hydrogen (secondary N) is 2. The van der Waals surface area contributed by atoms with E-state index < -0.39 is 0 Å². The van der Waals surface area contributed by atoms with Crippen molar-refractivity contribution in [2.75, 3.05) is 17.2 Å². The smallest absolute Gasteiger partial charge is 0.142 e. The summed E-state index contributed by atoms with van der Waals surface area (Å²) >= 11 is 0. The topological polar surface area (TPSA) is 59.1 Å². The Balaban J connectivity index is 1.72. The minimum atomic E-state index is 0.540. The molecule has 0 aliphatic heterocycles. The van der Waals surface area contributed by atoms with Gasteiger partial charge < -0.3 is 15.4 Å². The van der Waals surface area contributed by atoms with Gasteiger partial charge in [0.25, 0.3) is 0 Å². The number of ether oxygens (including phenoxy) is 1. The van der Waals surface area contributed by atoms with Gasteiger partial charge in [0.1, 0.15) is 23.7 Å². The quantitative estimate of drug-likeness (QED) is 0.845. The second-order valence-electron chi connectivity index (χ2n) is 5.47. The summed E-state index contributed by atoms with van der Waals surface area (Å²) in [5, 5.41) is 6.79. The van der Waals surface area contributed by atoms with Gasteiger partial charge in [0, 0.05) is 12.1 Å². The van der Waals surface area contributed by atoms with Gasteiger partial charge in [-0.05, 0) is 31.9 Å². The molecule has 1 aliphatic carbocycles. The van der Waals surface area contributed by atoms with E-state index >= 15 is 0 Å². The molecule has 0 bridgehead atoms. The van der Waals surface area contributed by atoms with Crippen LogP contribution in [0.3, 0.4) is 0 Å². The summed E-state index contributed by atoms with van der Waals surface area (Å²) in [6, 6.07) is 10.4. The molecule has 116 valence electrons. The Labute approximate surface area is 131 Å². The molecule has 0 atom stereocenters. The van der Waals surface area contributed by atoms with E-state index in [1.54, 1.807) is 6.33 Å². The maximum absolute atomic E-state index is 5.63. The first-order valence-corrected chi connectivity index (χ1v) is 7.92. The molecule has 5 heteroatoms. The van der Waals surface area contributed by atoms with Gasteiger partial charge in [0.15, 0.2) is 0 Å². The second kappa shape index (κ2) is 7.11. The van der Waals surface area contributed by atoms with E-state index in [1.165, 1.54) is 25.7 Å². The van der Waals surface area contributed by atoms with E-state index in [2.05, 4.69) is 20.6 Å². The summed E-state index contributed by atoms with van der Waals surface area (Å²) in [5.41, 5.74) is 0.912. The first-order valence-electron chi connectivity index (χ1n) is 7.92. The van der Waals surface area contributed by atoms with E-state index in [-0.39, 0.29) is 0 Å². The molecular weight excluding hydrogens is 276 g/mol. The fourth-order valence-electron chi connectivity index (χ4n) is 2.77. The maximum Gasteiger partial charge on any atom is 0.142 e. The lowest BCUT2D eigenvalue weighted by molar-refractivity contribution is 0.342. The predicted octanol–water partition coefficient (Wildman–Crippen LogP) is 3.97. The van der Waals surface area contributed by atoms with Crippen LogP contribution in [0.4, 0.5) is 17.3 Å². The summed E-state index contributed by atoms with van der Waals surface area (Å²) < 4.78 is 5.63. The van der Waals surface area contributed by atoms with Gasteiger partial charge >= 0.3 is 0 Å². The molecule has 0 saturated heterocycles. The van der Waals surface area contributed by atoms with Gasteiger partial charge in [-0.2, -0.15) is 0 Å². The number of anilines is 3. The fraction of sp³-hybridized carbons (Fsp3) is 0.412. The molecular formula is C17H22N4O. The monoisotopic (exact) mass is 298 g/mol. The molecule has 0 spiro atoms. The van der Waals surface area contributed by atoms with E-state index in [4.69, 9.17) is 4.74 Å². The Bertz CT molecular complexity index is 611. The Kier molecular flexibility index (Phi) is 4.73. The summed E-state index contributed by atoms with van der Waals surface area (Å²) in [6.07, 6.45) is 6.63. The summed E-state index contributed by atoms with van der Waals surface area (Å²) in [6.45, 7) is 2.61. The third kappa shape index (κ3) is 3.67. The molecule has 1 fully saturated rings. The van der Waals surface area contributed by atoms with Crippen LogP contribution in [0.25, 0.3) is 0 Å². The summed E-state index contributed by atoms with van der Waals surface area (Å²) in [4.78, 5) is 8.60. The number of hydrogen-bond donors (Lipinski definition) is 2. The van der Waals surface area contributed by atoms with Crippen molar-refractivity contribution >= 4 is 17.3 Å². The van der Waals surface area contributed by atoms with Crippen molar-refractivity contribution in [3.8, 4) is 5.75 Å². The number of rotatable bonds is 6. The molecule has 22 heavy (non-hydrogen) atoms. The van der Waals surface area contributed by atoms with Crippen LogP contribution < -0.4 is 15.4 Å². The number of benzene rings is 1. The number of nitrogens with zero attached hydrogens (tertiary/aromatic N) is 2. The van der Waals surface area contributed by atoms with Crippen LogP contribution in [-0.4, -0.2) is 22.6 Å². The van der Waals surface area contributed by atoms with E-state index in [1.807, 2.05) is 37.3 Å². The summed E-state index contributed by atoms with van der Waals surface area (Å²) in [7, 11) is 0. The first-order chi connectivity index (χ1) is 10.8. The Morgan fingerprint density at radius 1 is 1.14 bits per heavy atom. The SMILES string of the molecule is CCOc1ccccc1Nc1cc(NC2CCCC2)ncn1. The number of hydrogen-bond acceptors (Lipinski definition) is 5. The van der Waals surface area contributed by atoms with Crippen LogP contribution in [0.2, 0.25) is 0 Å². The van der Waals surface area contributed by atoms with E-state index in [0.29, 0.717) is 12.6 Å². The first kappa shape index (κ1) is 14.6. The van der Waals surface area contributed by atoms with Crippen LogP contribution in [0.5, 0.6) is 5.75 Å². The highest BCUT2D eigenvalue weighted by molar-refractivity contribution is 5.65. The Morgan fingerprint density at radius 2 is 1.91 bits per heavy atom. The van der Waals surface area contributed by atoms with Crippen LogP contribution in [0, 0.1) is 0 Å². The van der Waals surface area contributed by atoms with Crippen molar-refractivity contribution in [3.63, 3.8) is 0 Å². The average molecular weight is 298 g/mol. The molecule has 1 heterocycles. The third-order valence-electron chi connectivity index (χ3n) is 3.82. The molecule has 1 saturated carbocycles. The lowest BCUT2D eigenvalue weighted by Crippen LogP contribution is -2.15. The minimum absolute atomic E-state index is 0.540. The lowest BCUT2D eigenvalue weighted by Gasteiger charge is -2.14. The largest absolute Gasteiger partial charge is 0.492 e. The van der Waals surface area contributed by atoms with Crippen molar-refractivity contribution in [2.24, 2.45) is 0 Å². The van der Waals surface area contributed by atoms with Gasteiger partial charge in [-0.15, -0.1) is 0 Å². The molecule has 1 aliphatic rings. The standard InChI is InChI=1S/C17H22N4O/c1-2-22-15-10-6-5-9-14(15)21-17-11-16(18-12-19-17)20-13-7-3-4-8-13/h5-6,9-13H,2-4,7-8H2,1H3,(H2,18,19,20,21). The van der Waals surface area contributed by atoms with Crippen molar-refractivity contribution in [3.05, 3.63) is 36.7 Å². The zero-order valence-corrected chi connectivity index (χ0v) is 12.9. The molecule has 1 aromatic carbocycles. The number of para-hydroxylation sites is 2. The van der Waals surface area contributed by atoms with E-state index in [0.717, 1.165) is 23.1 Å². The van der Waals surface area contributed by atoms with Gasteiger partial charge in [-0.25, -0.2) is 9.97 Å². The number of aromatic nitrogens is 2. The zero-order chi connectivity index (χ0) is 15.2. The van der Waals surface area contributed by atoms with Crippen molar-refractivity contribution in [2.45, 2.75) is 38.6 Å². The normalized spacial score (nSPS) is 14.8. The zero-order valence-electron chi connectivity index (χ0n) is 12.9. The van der Waals surface area contributed by atoms with Gasteiger partial charge in [-0.3, -0.25) is 0 Å². The highest BCUT2D eigenvalue weighted by Gasteiger charge is 2.15. The van der Waals surface area contributed by atoms with Crippen molar-refractivity contribution in [1.29, 1.82) is 0 Å². The van der Waals surface area contributed by atoms with Crippen LogP contribution in [-0.2, 0) is 0 Å². The minimum Gasteiger partial charge on any atom is -0.492 e. The molecule has 1 aromatic heterocycles. The van der Waals surface area contributed by atoms with Crippen LogP contribution in [0.15, 0.2) is 36.7 Å². The average Bonchev–Trinajstić information content (AvgIpc) is 3.03. The van der Waals surface area contributed by atoms with Gasteiger partial charge in [-0.1, -0.05) is 25.0 Å². The van der Waals surface area contributed by atoms with Crippen molar-refractivity contribution in [1.82, 2.24) is 9.97 Å². The molecule has 0 amide bonds. The highest BCUT2D eigenvalue weighted by atomic mass is 16.5. The van der Waals surface area contributed by atoms with E-state index in [9.17, 15) is 0 Å². The van der Waals surface area contributed by atoms with Gasteiger partial charge in [0.2, 0.25) is 0 Å². The molecule has 2 aromatic rings. The second-order valence-corrected chi connectivity index (χ2v) is 5.47. The lowest BCUT2D eigenvalue weighted by atomic mass is 10.2. The van der Waals surface area contributed by atoms with Crippen LogP contribution >= 0.6 is 0 Å². The molecule has 0 radical (unpaired) electrons. The fourth-order valence-corrected chi connectivity index (χ4v) is 2.77. The Hall–Kier alpha value is -2.30. The van der Waals surface area contributed by atoms with Crippen molar-refractivity contribution < 1.29 is 4.74 Å². The van der Waals surface area contributed by atoms with Gasteiger partial charge in [0.05, 0.1) is 12.3 Å². The molecule has 5 nitrogen and oxygen atoms in total. The molecule has 0 unspecified atom stereocenters. The molecule has 2 N–H and O–H groups in total. The highest BCUT2D eigenvalue weighted by Crippen LogP contribution is 2.27. The van der Waals surface area contributed by atoms with Crippen LogP contribution in [0.1, 0.15) is 32.6 Å². The Morgan fingerprint density at radius 3 is 2.73 bits per heavy atom.